The highest BCUT2D eigenvalue weighted by Crippen LogP contribution is 2.28. The van der Waals surface area contributed by atoms with Crippen LogP contribution in [0.25, 0.3) is 21.8 Å². The normalized spacial score (nSPS) is 11.2. The average Bonchev–Trinajstić information content (AvgIpc) is 2.64. The number of aryl methyl sites for hydroxylation is 1. The fourth-order valence-electron chi connectivity index (χ4n) is 2.38. The Morgan fingerprint density at radius 1 is 1.00 bits per heavy atom. The smallest absolute Gasteiger partial charge is 0.159 e. The molecule has 0 N–H and O–H groups in total. The second-order valence-corrected chi connectivity index (χ2v) is 4.36. The van der Waals surface area contributed by atoms with Crippen molar-refractivity contribution in [2.24, 2.45) is 7.05 Å². The lowest BCUT2D eigenvalue weighted by molar-refractivity contribution is 0.101. The van der Waals surface area contributed by atoms with Gasteiger partial charge >= 0.3 is 0 Å². The minimum Gasteiger partial charge on any atom is -0.344 e. The summed E-state index contributed by atoms with van der Waals surface area (Å²) in [5.41, 5.74) is 3.07. The quantitative estimate of drug-likeness (QED) is 0.578. The van der Waals surface area contributed by atoms with Crippen LogP contribution in [0.3, 0.4) is 0 Å². The molecular formula is C15H13NO. The van der Waals surface area contributed by atoms with Crippen molar-refractivity contribution in [2.75, 3.05) is 0 Å². The van der Waals surface area contributed by atoms with Crippen molar-refractivity contribution in [2.45, 2.75) is 6.92 Å². The monoisotopic (exact) mass is 223 g/mol. The standard InChI is InChI=1S/C15H13NO/c1-10(17)11-7-8-13-12-5-3-4-6-14(12)16(2)15(13)9-11/h3-9H,1-2H3. The third-order valence-corrected chi connectivity index (χ3v) is 3.32. The van der Waals surface area contributed by atoms with Crippen LogP contribution in [0, 0.1) is 0 Å². The molecule has 84 valence electrons. The molecular weight excluding hydrogens is 210 g/mol. The minimum atomic E-state index is 0.108. The molecule has 3 aromatic rings. The van der Waals surface area contributed by atoms with Gasteiger partial charge in [0.05, 0.1) is 0 Å². The van der Waals surface area contributed by atoms with Gasteiger partial charge in [0.25, 0.3) is 0 Å². The van der Waals surface area contributed by atoms with Gasteiger partial charge in [-0.25, -0.2) is 0 Å². The van der Waals surface area contributed by atoms with Crippen LogP contribution in [0.15, 0.2) is 42.5 Å². The molecule has 0 spiro atoms. The van der Waals surface area contributed by atoms with Crippen LogP contribution in [0.4, 0.5) is 0 Å². The Bertz CT molecular complexity index is 737. The lowest BCUT2D eigenvalue weighted by atomic mass is 10.1. The Kier molecular flexibility index (Phi) is 2.05. The molecule has 0 aliphatic heterocycles. The molecule has 0 aliphatic carbocycles. The number of hydrogen-bond acceptors (Lipinski definition) is 1. The van der Waals surface area contributed by atoms with Gasteiger partial charge < -0.3 is 4.57 Å². The zero-order chi connectivity index (χ0) is 12.0. The second kappa shape index (κ2) is 3.45. The van der Waals surface area contributed by atoms with Crippen molar-refractivity contribution in [3.63, 3.8) is 0 Å². The molecule has 1 heterocycles. The van der Waals surface area contributed by atoms with E-state index < -0.39 is 0 Å². The van der Waals surface area contributed by atoms with Gasteiger partial charge in [-0.1, -0.05) is 30.3 Å². The fourth-order valence-corrected chi connectivity index (χ4v) is 2.38. The lowest BCUT2D eigenvalue weighted by Crippen LogP contribution is -1.93. The number of rotatable bonds is 1. The van der Waals surface area contributed by atoms with Gasteiger partial charge in [0, 0.05) is 34.4 Å². The molecule has 0 unspecified atom stereocenters. The zero-order valence-electron chi connectivity index (χ0n) is 9.90. The predicted octanol–water partition coefficient (Wildman–Crippen LogP) is 3.53. The van der Waals surface area contributed by atoms with E-state index in [4.69, 9.17) is 0 Å². The average molecular weight is 223 g/mol. The number of Topliss-reactive ketones (excluding diaryl/α,β-unsaturated/α-hetero) is 1. The Hall–Kier alpha value is -2.09. The van der Waals surface area contributed by atoms with Crippen LogP contribution < -0.4 is 0 Å². The molecule has 2 aromatic carbocycles. The number of nitrogens with zero attached hydrogens (tertiary/aromatic N) is 1. The molecule has 0 bridgehead atoms. The van der Waals surface area contributed by atoms with Gasteiger partial charge in [-0.3, -0.25) is 4.79 Å². The van der Waals surface area contributed by atoms with E-state index in [1.54, 1.807) is 6.92 Å². The Morgan fingerprint density at radius 2 is 1.71 bits per heavy atom. The Labute approximate surface area is 99.5 Å². The van der Waals surface area contributed by atoms with Crippen molar-refractivity contribution in [1.82, 2.24) is 4.57 Å². The van der Waals surface area contributed by atoms with Gasteiger partial charge in [0.1, 0.15) is 0 Å². The summed E-state index contributed by atoms with van der Waals surface area (Å²) in [5.74, 6) is 0.108. The van der Waals surface area contributed by atoms with E-state index >= 15 is 0 Å². The minimum absolute atomic E-state index is 0.108. The van der Waals surface area contributed by atoms with Crippen molar-refractivity contribution in [3.8, 4) is 0 Å². The number of para-hydroxylation sites is 1. The van der Waals surface area contributed by atoms with Gasteiger partial charge in [-0.2, -0.15) is 0 Å². The molecule has 1 aromatic heterocycles. The van der Waals surface area contributed by atoms with E-state index in [1.165, 1.54) is 16.3 Å². The van der Waals surface area contributed by atoms with Gasteiger partial charge in [0.2, 0.25) is 0 Å². The number of fused-ring (bicyclic) bond motifs is 3. The Morgan fingerprint density at radius 3 is 2.47 bits per heavy atom. The summed E-state index contributed by atoms with van der Waals surface area (Å²) < 4.78 is 2.14. The van der Waals surface area contributed by atoms with Crippen molar-refractivity contribution < 1.29 is 4.79 Å². The summed E-state index contributed by atoms with van der Waals surface area (Å²) in [6.45, 7) is 1.60. The van der Waals surface area contributed by atoms with Crippen LogP contribution in [-0.2, 0) is 7.05 Å². The van der Waals surface area contributed by atoms with Gasteiger partial charge in [0.15, 0.2) is 5.78 Å². The number of aromatic nitrogens is 1. The molecule has 3 rings (SSSR count). The van der Waals surface area contributed by atoms with E-state index in [0.29, 0.717) is 0 Å². The van der Waals surface area contributed by atoms with E-state index in [2.05, 4.69) is 16.7 Å². The molecule has 0 saturated heterocycles. The van der Waals surface area contributed by atoms with E-state index in [-0.39, 0.29) is 5.78 Å². The highest BCUT2D eigenvalue weighted by Gasteiger charge is 2.09. The van der Waals surface area contributed by atoms with E-state index in [9.17, 15) is 4.79 Å². The van der Waals surface area contributed by atoms with Gasteiger partial charge in [-0.15, -0.1) is 0 Å². The van der Waals surface area contributed by atoms with Crippen molar-refractivity contribution >= 4 is 27.6 Å². The van der Waals surface area contributed by atoms with Crippen LogP contribution in [0.1, 0.15) is 17.3 Å². The first-order valence-electron chi connectivity index (χ1n) is 5.66. The number of carbonyl (C=O) groups excluding carboxylic acids is 1. The number of hydrogen-bond donors (Lipinski definition) is 0. The SMILES string of the molecule is CC(=O)c1ccc2c3ccccc3n(C)c2c1. The highest BCUT2D eigenvalue weighted by atomic mass is 16.1. The van der Waals surface area contributed by atoms with Crippen LogP contribution in [0.2, 0.25) is 0 Å². The van der Waals surface area contributed by atoms with E-state index in [1.807, 2.05) is 37.4 Å². The number of benzene rings is 2. The summed E-state index contributed by atoms with van der Waals surface area (Å²) in [6, 6.07) is 14.2. The summed E-state index contributed by atoms with van der Waals surface area (Å²) in [4.78, 5) is 11.4. The largest absolute Gasteiger partial charge is 0.344 e. The molecule has 17 heavy (non-hydrogen) atoms. The molecule has 2 heteroatoms. The molecule has 0 amide bonds. The molecule has 0 radical (unpaired) electrons. The number of ketones is 1. The lowest BCUT2D eigenvalue weighted by Gasteiger charge is -1.99. The maximum absolute atomic E-state index is 11.4. The first-order valence-corrected chi connectivity index (χ1v) is 5.66. The molecule has 2 nitrogen and oxygen atoms in total. The van der Waals surface area contributed by atoms with Gasteiger partial charge in [-0.05, 0) is 19.1 Å². The molecule has 0 fully saturated rings. The highest BCUT2D eigenvalue weighted by molar-refractivity contribution is 6.10. The summed E-state index contributed by atoms with van der Waals surface area (Å²) >= 11 is 0. The molecule has 0 saturated carbocycles. The Balaban J connectivity index is 2.49. The van der Waals surface area contributed by atoms with Crippen LogP contribution >= 0.6 is 0 Å². The first kappa shape index (κ1) is 10.1. The summed E-state index contributed by atoms with van der Waals surface area (Å²) in [6.07, 6.45) is 0. The first-order chi connectivity index (χ1) is 8.18. The predicted molar refractivity (Wildman–Crippen MR) is 70.4 cm³/mol. The second-order valence-electron chi connectivity index (χ2n) is 4.36. The van der Waals surface area contributed by atoms with Crippen LogP contribution in [0.5, 0.6) is 0 Å². The van der Waals surface area contributed by atoms with Crippen molar-refractivity contribution in [1.29, 1.82) is 0 Å². The summed E-state index contributed by atoms with van der Waals surface area (Å²) in [7, 11) is 2.04. The van der Waals surface area contributed by atoms with Crippen LogP contribution in [-0.4, -0.2) is 10.4 Å². The third kappa shape index (κ3) is 1.37. The maximum Gasteiger partial charge on any atom is 0.159 e. The van der Waals surface area contributed by atoms with E-state index in [0.717, 1.165) is 11.1 Å². The summed E-state index contributed by atoms with van der Waals surface area (Å²) in [5, 5.41) is 2.44. The number of carbonyl (C=O) groups is 1. The maximum atomic E-state index is 11.4. The fraction of sp³-hybridized carbons (Fsp3) is 0.133. The topological polar surface area (TPSA) is 22.0 Å². The third-order valence-electron chi connectivity index (χ3n) is 3.32. The molecule has 0 aliphatic rings. The molecule has 0 atom stereocenters. The zero-order valence-corrected chi connectivity index (χ0v) is 9.90. The van der Waals surface area contributed by atoms with Crippen molar-refractivity contribution in [3.05, 3.63) is 48.0 Å².